The molecule has 6 heteroatoms. The van der Waals surface area contributed by atoms with Crippen LogP contribution in [0.5, 0.6) is 0 Å². The number of benzene rings is 1. The van der Waals surface area contributed by atoms with E-state index in [1.165, 1.54) is 0 Å². The summed E-state index contributed by atoms with van der Waals surface area (Å²) in [5, 5.41) is 0. The Morgan fingerprint density at radius 1 is 0.952 bits per heavy atom. The van der Waals surface area contributed by atoms with Crippen LogP contribution in [0.2, 0.25) is 12.1 Å². The number of hydrogen-bond acceptors (Lipinski definition) is 2. The zero-order valence-electron chi connectivity index (χ0n) is 12.8. The van der Waals surface area contributed by atoms with E-state index in [9.17, 15) is 13.2 Å². The van der Waals surface area contributed by atoms with E-state index in [1.807, 2.05) is 6.92 Å². The fourth-order valence-electron chi connectivity index (χ4n) is 2.44. The van der Waals surface area contributed by atoms with Crippen molar-refractivity contribution in [3.63, 3.8) is 0 Å². The van der Waals surface area contributed by atoms with Gasteiger partial charge in [0.15, 0.2) is 0 Å². The van der Waals surface area contributed by atoms with Crippen LogP contribution in [0.25, 0.3) is 0 Å². The summed E-state index contributed by atoms with van der Waals surface area (Å²) in [6, 6.07) is 3.19. The number of rotatable bonds is 9. The third-order valence-electron chi connectivity index (χ3n) is 3.87. The van der Waals surface area contributed by atoms with Crippen molar-refractivity contribution < 1.29 is 22.0 Å². The first-order valence-corrected chi connectivity index (χ1v) is 9.44. The molecule has 0 saturated heterocycles. The van der Waals surface area contributed by atoms with Crippen LogP contribution in [0.1, 0.15) is 31.7 Å². The zero-order valence-corrected chi connectivity index (χ0v) is 13.8. The molecule has 0 aromatic heterocycles. The normalized spacial score (nSPS) is 11.9. The Kier molecular flexibility index (Phi) is 7.41. The summed E-state index contributed by atoms with van der Waals surface area (Å²) in [4.78, 5) is 0. The molecule has 0 N–H and O–H groups in total. The van der Waals surface area contributed by atoms with Gasteiger partial charge in [0, 0.05) is 31.9 Å². The summed E-state index contributed by atoms with van der Waals surface area (Å²) in [5.41, 5.74) is -0.0334. The second-order valence-corrected chi connectivity index (χ2v) is 8.93. The van der Waals surface area contributed by atoms with Crippen LogP contribution in [-0.2, 0) is 15.3 Å². The summed E-state index contributed by atoms with van der Waals surface area (Å²) in [7, 11) is 1.26. The molecule has 2 nitrogen and oxygen atoms in total. The summed E-state index contributed by atoms with van der Waals surface area (Å²) in [5.74, 6) is -2.50. The summed E-state index contributed by atoms with van der Waals surface area (Å²) < 4.78 is 50.7. The van der Waals surface area contributed by atoms with Gasteiger partial charge in [-0.2, -0.15) is 0 Å². The lowest BCUT2D eigenvalue weighted by atomic mass is 10.1. The largest absolute Gasteiger partial charge is 0.398 e. The predicted molar refractivity (Wildman–Crippen MR) is 78.9 cm³/mol. The first-order chi connectivity index (χ1) is 9.98. The van der Waals surface area contributed by atoms with Gasteiger partial charge in [0.2, 0.25) is 0 Å². The van der Waals surface area contributed by atoms with Gasteiger partial charge in [-0.25, -0.2) is 13.2 Å². The highest BCUT2D eigenvalue weighted by molar-refractivity contribution is 6.67. The standard InChI is InChI=1S/C15H23F3O2Si/c1-4-21(19-2,20-3)9-7-5-6-8-13-14(17)10-12(16)11-15(13)18/h10-11H,4-9H2,1-3H3. The van der Waals surface area contributed by atoms with Crippen molar-refractivity contribution in [3.05, 3.63) is 35.1 Å². The van der Waals surface area contributed by atoms with E-state index in [0.29, 0.717) is 6.42 Å². The minimum absolute atomic E-state index is 0.0334. The van der Waals surface area contributed by atoms with Crippen LogP contribution in [-0.4, -0.2) is 22.8 Å². The molecule has 0 aliphatic rings. The molecule has 21 heavy (non-hydrogen) atoms. The molecule has 0 amide bonds. The van der Waals surface area contributed by atoms with Crippen molar-refractivity contribution in [1.29, 1.82) is 0 Å². The molecular weight excluding hydrogens is 297 g/mol. The van der Waals surface area contributed by atoms with Gasteiger partial charge in [-0.3, -0.25) is 0 Å². The molecule has 120 valence electrons. The van der Waals surface area contributed by atoms with Crippen LogP contribution in [0.4, 0.5) is 13.2 Å². The third kappa shape index (κ3) is 5.12. The van der Waals surface area contributed by atoms with E-state index in [0.717, 1.165) is 37.1 Å². The van der Waals surface area contributed by atoms with Gasteiger partial charge in [-0.15, -0.1) is 0 Å². The SMILES string of the molecule is CC[Si](CCCCCc1c(F)cc(F)cc1F)(OC)OC. The molecule has 0 unspecified atom stereocenters. The average molecular weight is 320 g/mol. The minimum atomic E-state index is -2.07. The smallest absolute Gasteiger partial charge is 0.337 e. The molecule has 1 aromatic rings. The van der Waals surface area contributed by atoms with Crippen LogP contribution >= 0.6 is 0 Å². The molecule has 1 aromatic carbocycles. The van der Waals surface area contributed by atoms with E-state index < -0.39 is 26.0 Å². The highest BCUT2D eigenvalue weighted by Gasteiger charge is 2.32. The molecule has 0 fully saturated rings. The third-order valence-corrected chi connectivity index (χ3v) is 7.55. The Bertz CT molecular complexity index is 419. The Labute approximate surface area is 125 Å². The van der Waals surface area contributed by atoms with Crippen molar-refractivity contribution in [2.24, 2.45) is 0 Å². The van der Waals surface area contributed by atoms with Gasteiger partial charge in [0.25, 0.3) is 0 Å². The highest BCUT2D eigenvalue weighted by Crippen LogP contribution is 2.22. The molecular formula is C15H23F3O2Si. The van der Waals surface area contributed by atoms with Crippen molar-refractivity contribution in [2.45, 2.75) is 44.7 Å². The van der Waals surface area contributed by atoms with E-state index in [1.54, 1.807) is 14.2 Å². The van der Waals surface area contributed by atoms with Gasteiger partial charge in [0.05, 0.1) is 0 Å². The van der Waals surface area contributed by atoms with Crippen molar-refractivity contribution in [1.82, 2.24) is 0 Å². The first-order valence-electron chi connectivity index (χ1n) is 7.21. The maximum absolute atomic E-state index is 13.5. The Morgan fingerprint density at radius 2 is 1.52 bits per heavy atom. The molecule has 0 saturated carbocycles. The lowest BCUT2D eigenvalue weighted by Crippen LogP contribution is -2.38. The quantitative estimate of drug-likeness (QED) is 0.490. The number of unbranched alkanes of at least 4 members (excludes halogenated alkanes) is 2. The molecule has 0 atom stereocenters. The summed E-state index contributed by atoms with van der Waals surface area (Å²) in [6.07, 6.45) is 2.66. The van der Waals surface area contributed by atoms with E-state index in [4.69, 9.17) is 8.85 Å². The van der Waals surface area contributed by atoms with Crippen LogP contribution < -0.4 is 0 Å². The molecule has 0 aliphatic carbocycles. The first kappa shape index (κ1) is 18.2. The minimum Gasteiger partial charge on any atom is -0.398 e. The Morgan fingerprint density at radius 3 is 2.00 bits per heavy atom. The van der Waals surface area contributed by atoms with Gasteiger partial charge < -0.3 is 8.85 Å². The fraction of sp³-hybridized carbons (Fsp3) is 0.600. The lowest BCUT2D eigenvalue weighted by molar-refractivity contribution is 0.241. The van der Waals surface area contributed by atoms with Gasteiger partial charge in [-0.05, 0) is 24.9 Å². The van der Waals surface area contributed by atoms with Crippen molar-refractivity contribution in [2.75, 3.05) is 14.2 Å². The zero-order chi connectivity index (χ0) is 15.9. The fourth-order valence-corrected chi connectivity index (χ4v) is 4.73. The molecule has 1 rings (SSSR count). The van der Waals surface area contributed by atoms with E-state index in [-0.39, 0.29) is 12.0 Å². The number of halogens is 3. The number of hydrogen-bond donors (Lipinski definition) is 0. The maximum Gasteiger partial charge on any atom is 0.337 e. The molecule has 0 radical (unpaired) electrons. The average Bonchev–Trinajstić information content (AvgIpc) is 2.45. The summed E-state index contributed by atoms with van der Waals surface area (Å²) >= 11 is 0. The molecule has 0 spiro atoms. The van der Waals surface area contributed by atoms with Crippen molar-refractivity contribution >= 4 is 8.56 Å². The second-order valence-electron chi connectivity index (χ2n) is 5.08. The Hall–Kier alpha value is -0.853. The van der Waals surface area contributed by atoms with Gasteiger partial charge in [-0.1, -0.05) is 19.8 Å². The highest BCUT2D eigenvalue weighted by atomic mass is 28.4. The monoisotopic (exact) mass is 320 g/mol. The van der Waals surface area contributed by atoms with E-state index >= 15 is 0 Å². The van der Waals surface area contributed by atoms with Crippen molar-refractivity contribution in [3.8, 4) is 0 Å². The molecule has 0 aliphatic heterocycles. The predicted octanol–water partition coefficient (Wildman–Crippen LogP) is 4.57. The van der Waals surface area contributed by atoms with Crippen LogP contribution in [0.3, 0.4) is 0 Å². The topological polar surface area (TPSA) is 18.5 Å². The van der Waals surface area contributed by atoms with Gasteiger partial charge in [0.1, 0.15) is 17.5 Å². The van der Waals surface area contributed by atoms with Crippen LogP contribution in [0, 0.1) is 17.5 Å². The lowest BCUT2D eigenvalue weighted by Gasteiger charge is -2.25. The second kappa shape index (κ2) is 8.56. The van der Waals surface area contributed by atoms with E-state index in [2.05, 4.69) is 0 Å². The molecule has 0 heterocycles. The Balaban J connectivity index is 2.42. The van der Waals surface area contributed by atoms with Gasteiger partial charge >= 0.3 is 8.56 Å². The molecule has 0 bridgehead atoms. The maximum atomic E-state index is 13.5. The summed E-state index contributed by atoms with van der Waals surface area (Å²) in [6.45, 7) is 2.04. The van der Waals surface area contributed by atoms with Crippen LogP contribution in [0.15, 0.2) is 12.1 Å².